The summed E-state index contributed by atoms with van der Waals surface area (Å²) in [6, 6.07) is 3.51. The first-order valence-corrected chi connectivity index (χ1v) is 9.59. The highest BCUT2D eigenvalue weighted by Crippen LogP contribution is 2.24. The molecule has 29 heavy (non-hydrogen) atoms. The van der Waals surface area contributed by atoms with E-state index in [0.717, 1.165) is 12.8 Å². The van der Waals surface area contributed by atoms with Crippen LogP contribution >= 0.6 is 0 Å². The highest BCUT2D eigenvalue weighted by atomic mass is 16.6. The molecule has 2 N–H and O–H groups in total. The number of nitrogens with two attached hydrogens (primary N) is 1. The Kier molecular flexibility index (Phi) is 4.71. The van der Waals surface area contributed by atoms with Gasteiger partial charge in [0.1, 0.15) is 17.5 Å². The van der Waals surface area contributed by atoms with Crippen molar-refractivity contribution in [2.24, 2.45) is 20.9 Å². The number of hydrogen-bond donors (Lipinski definition) is 1. The van der Waals surface area contributed by atoms with E-state index in [9.17, 15) is 4.79 Å². The molecule has 9 heteroatoms. The van der Waals surface area contributed by atoms with E-state index in [2.05, 4.69) is 15.1 Å². The van der Waals surface area contributed by atoms with Crippen LogP contribution in [0.5, 0.6) is 0 Å². The molecule has 9 nitrogen and oxygen atoms in total. The number of ether oxygens (including phenoxy) is 1. The molecule has 0 bridgehead atoms. The number of carbonyl (C=O) groups is 1. The minimum Gasteiger partial charge on any atom is -0.461 e. The zero-order valence-electron chi connectivity index (χ0n) is 16.8. The topological polar surface area (TPSA) is 106 Å². The molecule has 152 valence electrons. The highest BCUT2D eigenvalue weighted by molar-refractivity contribution is 6.31. The normalized spacial score (nSPS) is 26.4. The molecule has 4 heterocycles. The molecule has 1 fully saturated rings. The number of nitrogens with zero attached hydrogens (tertiary/aromatic N) is 5. The van der Waals surface area contributed by atoms with Crippen LogP contribution in [0.4, 0.5) is 4.79 Å². The molecular weight excluding hydrogens is 372 g/mol. The van der Waals surface area contributed by atoms with E-state index in [4.69, 9.17) is 15.0 Å². The van der Waals surface area contributed by atoms with Gasteiger partial charge in [0.25, 0.3) is 11.7 Å². The molecule has 0 radical (unpaired) electrons. The van der Waals surface area contributed by atoms with Crippen LogP contribution in [-0.2, 0) is 4.74 Å². The lowest BCUT2D eigenvalue weighted by molar-refractivity contribution is -0.803. The van der Waals surface area contributed by atoms with Gasteiger partial charge >= 0.3 is 6.09 Å². The number of allylic oxidation sites excluding steroid dienone is 1. The lowest BCUT2D eigenvalue weighted by Gasteiger charge is -2.27. The molecule has 2 unspecified atom stereocenters. The maximum absolute atomic E-state index is 12.4. The second-order valence-electron chi connectivity index (χ2n) is 8.16. The SMILES string of the molecule is CC(C)(C)OC(=O)N1CCCC1C=CC1=C[N+]2(N)N=C(c3ccco3)N=C2C=N1. The summed E-state index contributed by atoms with van der Waals surface area (Å²) in [4.78, 5) is 23.0. The first-order chi connectivity index (χ1) is 13.7. The van der Waals surface area contributed by atoms with Crippen molar-refractivity contribution in [3.05, 3.63) is 48.2 Å². The monoisotopic (exact) mass is 397 g/mol. The summed E-state index contributed by atoms with van der Waals surface area (Å²) in [5.41, 5.74) is 0.127. The van der Waals surface area contributed by atoms with E-state index in [-0.39, 0.29) is 16.8 Å². The molecule has 1 aromatic heterocycles. The van der Waals surface area contributed by atoms with Crippen molar-refractivity contribution in [2.45, 2.75) is 45.3 Å². The summed E-state index contributed by atoms with van der Waals surface area (Å²) in [6.45, 7) is 6.27. The van der Waals surface area contributed by atoms with Crippen molar-refractivity contribution in [1.29, 1.82) is 0 Å². The maximum atomic E-state index is 12.4. The fourth-order valence-electron chi connectivity index (χ4n) is 3.35. The van der Waals surface area contributed by atoms with Crippen LogP contribution < -0.4 is 5.84 Å². The summed E-state index contributed by atoms with van der Waals surface area (Å²) in [5.74, 6) is 7.85. The van der Waals surface area contributed by atoms with Gasteiger partial charge in [0, 0.05) is 6.54 Å². The molecule has 0 spiro atoms. The molecule has 2 atom stereocenters. The highest BCUT2D eigenvalue weighted by Gasteiger charge is 2.39. The molecule has 3 aliphatic rings. The zero-order chi connectivity index (χ0) is 20.6. The van der Waals surface area contributed by atoms with Crippen LogP contribution in [-0.4, -0.2) is 51.8 Å². The lowest BCUT2D eigenvalue weighted by Crippen LogP contribution is -2.50. The molecule has 4 rings (SSSR count). The number of quaternary nitrogens is 1. The van der Waals surface area contributed by atoms with Crippen LogP contribution in [0.25, 0.3) is 0 Å². The second-order valence-corrected chi connectivity index (χ2v) is 8.16. The summed E-state index contributed by atoms with van der Waals surface area (Å²) in [5, 5.41) is 4.45. The molecule has 3 aliphatic heterocycles. The number of fused-ring (bicyclic) bond motifs is 1. The van der Waals surface area contributed by atoms with Crippen molar-refractivity contribution in [3.8, 4) is 0 Å². The molecule has 1 amide bonds. The Bertz CT molecular complexity index is 951. The van der Waals surface area contributed by atoms with Gasteiger partial charge in [-0.2, -0.15) is 4.99 Å². The van der Waals surface area contributed by atoms with E-state index >= 15 is 0 Å². The molecule has 0 saturated carbocycles. The minimum atomic E-state index is -0.518. The average molecular weight is 397 g/mol. The average Bonchev–Trinajstić information content (AvgIpc) is 3.36. The Morgan fingerprint density at radius 2 is 2.28 bits per heavy atom. The number of carbonyl (C=O) groups excluding carboxylic acids is 1. The van der Waals surface area contributed by atoms with Gasteiger partial charge in [-0.05, 0) is 61.6 Å². The third kappa shape index (κ3) is 4.06. The third-order valence-electron chi connectivity index (χ3n) is 4.66. The Morgan fingerprint density at radius 1 is 1.45 bits per heavy atom. The van der Waals surface area contributed by atoms with Crippen molar-refractivity contribution in [3.63, 3.8) is 0 Å². The summed E-state index contributed by atoms with van der Waals surface area (Å²) in [6.07, 6.45) is 10.2. The van der Waals surface area contributed by atoms with Gasteiger partial charge in [-0.15, -0.1) is 5.84 Å². The summed E-state index contributed by atoms with van der Waals surface area (Å²) < 4.78 is 10.5. The Labute approximate surface area is 169 Å². The van der Waals surface area contributed by atoms with Crippen LogP contribution in [0.15, 0.2) is 61.9 Å². The van der Waals surface area contributed by atoms with Crippen molar-refractivity contribution in [1.82, 2.24) is 4.90 Å². The van der Waals surface area contributed by atoms with Gasteiger partial charge in [-0.25, -0.2) is 9.79 Å². The number of rotatable bonds is 3. The first-order valence-electron chi connectivity index (χ1n) is 9.59. The fourth-order valence-corrected chi connectivity index (χ4v) is 3.35. The van der Waals surface area contributed by atoms with E-state index in [0.29, 0.717) is 29.7 Å². The molecule has 0 aliphatic carbocycles. The second kappa shape index (κ2) is 7.09. The van der Waals surface area contributed by atoms with Crippen LogP contribution in [0.2, 0.25) is 0 Å². The molecule has 0 aromatic carbocycles. The Hall–Kier alpha value is -3.04. The number of amidine groups is 2. The number of likely N-dealkylation sites (tertiary alicyclic amines) is 1. The van der Waals surface area contributed by atoms with Gasteiger partial charge in [-0.1, -0.05) is 6.08 Å². The van der Waals surface area contributed by atoms with Gasteiger partial charge in [0.05, 0.1) is 12.3 Å². The van der Waals surface area contributed by atoms with Gasteiger partial charge in [0.15, 0.2) is 12.0 Å². The predicted octanol–water partition coefficient (Wildman–Crippen LogP) is 2.93. The van der Waals surface area contributed by atoms with Crippen molar-refractivity contribution in [2.75, 3.05) is 6.54 Å². The predicted molar refractivity (Wildman–Crippen MR) is 109 cm³/mol. The number of furan rings is 1. The minimum absolute atomic E-state index is 0.0389. The maximum Gasteiger partial charge on any atom is 0.410 e. The van der Waals surface area contributed by atoms with Crippen LogP contribution in [0.1, 0.15) is 39.4 Å². The van der Waals surface area contributed by atoms with Crippen LogP contribution in [0, 0.1) is 0 Å². The summed E-state index contributed by atoms with van der Waals surface area (Å²) >= 11 is 0. The Balaban J connectivity index is 1.49. The standard InChI is InChI=1S/C20H25N6O3/c1-20(2,3)29-19(27)25-10-4-6-15(25)9-8-14-13-26(21)17(12-22-14)23-18(24-26)16-7-5-11-28-16/h5,7-9,11-13,15H,4,6,10,21H2,1-3H3/q+1. The van der Waals surface area contributed by atoms with Crippen LogP contribution in [0.3, 0.4) is 0 Å². The van der Waals surface area contributed by atoms with Gasteiger partial charge in [-0.3, -0.25) is 0 Å². The zero-order valence-corrected chi connectivity index (χ0v) is 16.8. The first kappa shape index (κ1) is 19.3. The van der Waals surface area contributed by atoms with Gasteiger partial charge in [0.2, 0.25) is 0 Å². The smallest absolute Gasteiger partial charge is 0.410 e. The lowest BCUT2D eigenvalue weighted by atomic mass is 10.2. The number of amides is 1. The molecular formula is C20H25N6O3+. The van der Waals surface area contributed by atoms with E-state index in [1.165, 1.54) is 0 Å². The fraction of sp³-hybridized carbons (Fsp3) is 0.400. The Morgan fingerprint density at radius 3 is 3.00 bits per heavy atom. The van der Waals surface area contributed by atoms with Gasteiger partial charge < -0.3 is 14.1 Å². The number of hydrogen-bond acceptors (Lipinski definition) is 7. The third-order valence-corrected chi connectivity index (χ3v) is 4.66. The van der Waals surface area contributed by atoms with E-state index in [1.807, 2.05) is 32.9 Å². The summed E-state index contributed by atoms with van der Waals surface area (Å²) in [7, 11) is 0. The largest absolute Gasteiger partial charge is 0.461 e. The quantitative estimate of drug-likeness (QED) is 0.625. The molecule has 1 aromatic rings. The van der Waals surface area contributed by atoms with Crippen molar-refractivity contribution >= 4 is 24.0 Å². The number of aliphatic imine (C=N–C) groups is 2. The van der Waals surface area contributed by atoms with E-state index in [1.54, 1.807) is 35.7 Å². The molecule has 1 saturated heterocycles. The van der Waals surface area contributed by atoms with E-state index < -0.39 is 5.60 Å². The van der Waals surface area contributed by atoms with Crippen molar-refractivity contribution < 1.29 is 18.6 Å².